The SMILES string of the molecule is O=C(NC1CCN2CCCCC12)c1cccc(F)c1Br. The van der Waals surface area contributed by atoms with Crippen molar-refractivity contribution < 1.29 is 9.18 Å². The quantitative estimate of drug-likeness (QED) is 0.897. The van der Waals surface area contributed by atoms with Gasteiger partial charge in [0.15, 0.2) is 0 Å². The zero-order valence-electron chi connectivity index (χ0n) is 11.2. The Morgan fingerprint density at radius 3 is 3.00 bits per heavy atom. The molecule has 2 unspecified atom stereocenters. The fraction of sp³-hybridized carbons (Fsp3) is 0.533. The lowest BCUT2D eigenvalue weighted by Crippen LogP contribution is -2.46. The van der Waals surface area contributed by atoms with Crippen molar-refractivity contribution in [1.29, 1.82) is 0 Å². The van der Waals surface area contributed by atoms with Gasteiger partial charge in [-0.25, -0.2) is 4.39 Å². The van der Waals surface area contributed by atoms with Gasteiger partial charge in [-0.3, -0.25) is 9.69 Å². The number of hydrogen-bond acceptors (Lipinski definition) is 2. The molecule has 20 heavy (non-hydrogen) atoms. The van der Waals surface area contributed by atoms with Crippen LogP contribution in [0.15, 0.2) is 22.7 Å². The minimum atomic E-state index is -0.400. The highest BCUT2D eigenvalue weighted by Crippen LogP contribution is 2.28. The molecule has 2 atom stereocenters. The van der Waals surface area contributed by atoms with Crippen molar-refractivity contribution in [1.82, 2.24) is 10.2 Å². The number of benzene rings is 1. The third-order valence-corrected chi connectivity index (χ3v) is 5.17. The van der Waals surface area contributed by atoms with E-state index in [9.17, 15) is 9.18 Å². The predicted octanol–water partition coefficient (Wildman–Crippen LogP) is 2.94. The van der Waals surface area contributed by atoms with Crippen molar-refractivity contribution in [2.24, 2.45) is 0 Å². The van der Waals surface area contributed by atoms with Gasteiger partial charge in [0.1, 0.15) is 5.82 Å². The molecule has 108 valence electrons. The first-order valence-electron chi connectivity index (χ1n) is 7.16. The molecule has 1 amide bonds. The van der Waals surface area contributed by atoms with Crippen molar-refractivity contribution in [2.75, 3.05) is 13.1 Å². The maximum atomic E-state index is 13.5. The summed E-state index contributed by atoms with van der Waals surface area (Å²) in [4.78, 5) is 14.8. The molecule has 3 nitrogen and oxygen atoms in total. The standard InChI is InChI=1S/C15H18BrFN2O/c16-14-10(4-3-5-11(14)17)15(20)18-12-7-9-19-8-2-1-6-13(12)19/h3-5,12-13H,1-2,6-9H2,(H,18,20). The fourth-order valence-corrected chi connectivity index (χ4v) is 3.79. The largest absolute Gasteiger partial charge is 0.348 e. The Balaban J connectivity index is 1.71. The summed E-state index contributed by atoms with van der Waals surface area (Å²) in [5, 5.41) is 3.09. The van der Waals surface area contributed by atoms with Crippen LogP contribution in [-0.2, 0) is 0 Å². The van der Waals surface area contributed by atoms with E-state index in [2.05, 4.69) is 26.1 Å². The van der Waals surface area contributed by atoms with Crippen LogP contribution < -0.4 is 5.32 Å². The Hall–Kier alpha value is -0.940. The van der Waals surface area contributed by atoms with Gasteiger partial charge in [-0.05, 0) is 53.9 Å². The summed E-state index contributed by atoms with van der Waals surface area (Å²) in [7, 11) is 0. The van der Waals surface area contributed by atoms with E-state index < -0.39 is 5.82 Å². The molecular formula is C15H18BrFN2O. The molecule has 2 fully saturated rings. The number of fused-ring (bicyclic) bond motifs is 1. The zero-order valence-corrected chi connectivity index (χ0v) is 12.8. The fourth-order valence-electron chi connectivity index (χ4n) is 3.34. The van der Waals surface area contributed by atoms with E-state index in [-0.39, 0.29) is 16.4 Å². The summed E-state index contributed by atoms with van der Waals surface area (Å²) >= 11 is 3.15. The van der Waals surface area contributed by atoms with Crippen LogP contribution in [0.4, 0.5) is 4.39 Å². The van der Waals surface area contributed by atoms with Gasteiger partial charge < -0.3 is 5.32 Å². The highest BCUT2D eigenvalue weighted by atomic mass is 79.9. The minimum absolute atomic E-state index is 0.186. The van der Waals surface area contributed by atoms with Gasteiger partial charge in [-0.1, -0.05) is 12.5 Å². The van der Waals surface area contributed by atoms with Gasteiger partial charge in [-0.15, -0.1) is 0 Å². The van der Waals surface area contributed by atoms with Gasteiger partial charge in [0.25, 0.3) is 5.91 Å². The van der Waals surface area contributed by atoms with Crippen molar-refractivity contribution in [3.05, 3.63) is 34.1 Å². The molecule has 0 spiro atoms. The lowest BCUT2D eigenvalue weighted by molar-refractivity contribution is 0.0914. The molecule has 0 aromatic heterocycles. The van der Waals surface area contributed by atoms with E-state index in [1.165, 1.54) is 18.9 Å². The van der Waals surface area contributed by atoms with E-state index in [1.54, 1.807) is 12.1 Å². The Labute approximate surface area is 126 Å². The molecule has 1 aromatic rings. The number of piperidine rings is 1. The van der Waals surface area contributed by atoms with Gasteiger partial charge in [0.2, 0.25) is 0 Å². The Kier molecular flexibility index (Phi) is 4.08. The monoisotopic (exact) mass is 340 g/mol. The predicted molar refractivity (Wildman–Crippen MR) is 79.2 cm³/mol. The van der Waals surface area contributed by atoms with Crippen LogP contribution in [0.3, 0.4) is 0 Å². The number of nitrogens with one attached hydrogen (secondary N) is 1. The molecule has 3 rings (SSSR count). The molecule has 0 saturated carbocycles. The maximum Gasteiger partial charge on any atom is 0.252 e. The number of halogens is 2. The second kappa shape index (κ2) is 5.82. The molecule has 2 aliphatic rings. The minimum Gasteiger partial charge on any atom is -0.348 e. The van der Waals surface area contributed by atoms with Crippen molar-refractivity contribution in [3.8, 4) is 0 Å². The highest BCUT2D eigenvalue weighted by molar-refractivity contribution is 9.10. The molecule has 2 saturated heterocycles. The molecule has 0 bridgehead atoms. The van der Waals surface area contributed by atoms with Crippen LogP contribution in [0.5, 0.6) is 0 Å². The third kappa shape index (κ3) is 2.61. The summed E-state index contributed by atoms with van der Waals surface area (Å²) < 4.78 is 13.7. The summed E-state index contributed by atoms with van der Waals surface area (Å²) in [6.07, 6.45) is 4.63. The van der Waals surface area contributed by atoms with Crippen molar-refractivity contribution in [2.45, 2.75) is 37.8 Å². The average Bonchev–Trinajstić information content (AvgIpc) is 2.85. The zero-order chi connectivity index (χ0) is 14.1. The number of carbonyl (C=O) groups excluding carboxylic acids is 1. The van der Waals surface area contributed by atoms with Crippen molar-refractivity contribution in [3.63, 3.8) is 0 Å². The number of nitrogens with zero attached hydrogens (tertiary/aromatic N) is 1. The average molecular weight is 341 g/mol. The Bertz CT molecular complexity index is 523. The van der Waals surface area contributed by atoms with E-state index in [0.29, 0.717) is 11.6 Å². The van der Waals surface area contributed by atoms with Crippen molar-refractivity contribution >= 4 is 21.8 Å². The number of rotatable bonds is 2. The second-order valence-electron chi connectivity index (χ2n) is 5.57. The highest BCUT2D eigenvalue weighted by Gasteiger charge is 2.36. The number of hydrogen-bond donors (Lipinski definition) is 1. The van der Waals surface area contributed by atoms with Crippen LogP contribution in [-0.4, -0.2) is 36.0 Å². The molecule has 1 aromatic carbocycles. The molecular weight excluding hydrogens is 323 g/mol. The van der Waals surface area contributed by atoms with Crippen LogP contribution in [0.1, 0.15) is 36.0 Å². The van der Waals surface area contributed by atoms with E-state index in [1.807, 2.05) is 0 Å². The van der Waals surface area contributed by atoms with Gasteiger partial charge in [0, 0.05) is 18.6 Å². The van der Waals surface area contributed by atoms with E-state index in [4.69, 9.17) is 0 Å². The second-order valence-corrected chi connectivity index (χ2v) is 6.36. The van der Waals surface area contributed by atoms with Crippen LogP contribution in [0.2, 0.25) is 0 Å². The summed E-state index contributed by atoms with van der Waals surface area (Å²) in [6, 6.07) is 5.21. The normalized spacial score (nSPS) is 26.3. The molecule has 0 aliphatic carbocycles. The molecule has 0 radical (unpaired) electrons. The molecule has 5 heteroatoms. The van der Waals surface area contributed by atoms with Crippen LogP contribution in [0.25, 0.3) is 0 Å². The lowest BCUT2D eigenvalue weighted by atomic mass is 9.99. The number of amides is 1. The van der Waals surface area contributed by atoms with Crippen LogP contribution >= 0.6 is 15.9 Å². The first-order valence-corrected chi connectivity index (χ1v) is 7.95. The summed E-state index contributed by atoms with van der Waals surface area (Å²) in [6.45, 7) is 2.20. The van der Waals surface area contributed by atoms with Gasteiger partial charge >= 0.3 is 0 Å². The topological polar surface area (TPSA) is 32.3 Å². The van der Waals surface area contributed by atoms with E-state index in [0.717, 1.165) is 25.9 Å². The molecule has 2 aliphatic heterocycles. The summed E-state index contributed by atoms with van der Waals surface area (Å²) in [5.74, 6) is -0.586. The Morgan fingerprint density at radius 2 is 2.15 bits per heavy atom. The maximum absolute atomic E-state index is 13.5. The van der Waals surface area contributed by atoms with E-state index >= 15 is 0 Å². The number of carbonyl (C=O) groups is 1. The van der Waals surface area contributed by atoms with Gasteiger partial charge in [-0.2, -0.15) is 0 Å². The molecule has 2 heterocycles. The van der Waals surface area contributed by atoms with Gasteiger partial charge in [0.05, 0.1) is 10.0 Å². The van der Waals surface area contributed by atoms with Crippen LogP contribution in [0, 0.1) is 5.82 Å². The lowest BCUT2D eigenvalue weighted by Gasteiger charge is -2.32. The summed E-state index contributed by atoms with van der Waals surface area (Å²) in [5.41, 5.74) is 0.374. The first-order chi connectivity index (χ1) is 9.66. The smallest absolute Gasteiger partial charge is 0.252 e. The molecule has 1 N–H and O–H groups in total. The third-order valence-electron chi connectivity index (χ3n) is 4.37. The Morgan fingerprint density at radius 1 is 1.30 bits per heavy atom. The first kappa shape index (κ1) is 14.0.